The number of hydrogen-bond donors (Lipinski definition) is 2. The van der Waals surface area contributed by atoms with Gasteiger partial charge < -0.3 is 11.1 Å². The first-order valence-electron chi connectivity index (χ1n) is 7.33. The van der Waals surface area contributed by atoms with Gasteiger partial charge in [0.25, 0.3) is 0 Å². The zero-order chi connectivity index (χ0) is 14.4. The fraction of sp³-hybridized carbons (Fsp3) is 0.562. The molecule has 0 spiro atoms. The molecular weight excluding hydrogens is 268 g/mol. The smallest absolute Gasteiger partial charge is 0.237 e. The molecule has 0 bridgehead atoms. The van der Waals surface area contributed by atoms with Gasteiger partial charge in [-0.25, -0.2) is 0 Å². The highest BCUT2D eigenvalue weighted by atomic mass is 32.2. The second-order valence-corrected chi connectivity index (χ2v) is 6.55. The number of hydrogen-bond acceptors (Lipinski definition) is 3. The zero-order valence-corrected chi connectivity index (χ0v) is 12.9. The van der Waals surface area contributed by atoms with Crippen LogP contribution in [0.25, 0.3) is 0 Å². The number of thioether (sulfide) groups is 1. The lowest BCUT2D eigenvalue weighted by atomic mass is 9.94. The van der Waals surface area contributed by atoms with Crippen molar-refractivity contribution >= 4 is 17.7 Å². The van der Waals surface area contributed by atoms with Gasteiger partial charge >= 0.3 is 0 Å². The van der Waals surface area contributed by atoms with Crippen LogP contribution in [0.4, 0.5) is 0 Å². The molecule has 3 N–H and O–H groups in total. The number of rotatable bonds is 5. The second kappa shape index (κ2) is 7.70. The molecule has 1 saturated carbocycles. The molecule has 0 saturated heterocycles. The molecule has 0 heterocycles. The topological polar surface area (TPSA) is 55.1 Å². The Labute approximate surface area is 125 Å². The summed E-state index contributed by atoms with van der Waals surface area (Å²) in [6.07, 6.45) is 7.47. The number of amides is 1. The lowest BCUT2D eigenvalue weighted by Gasteiger charge is -2.31. The fourth-order valence-electron chi connectivity index (χ4n) is 2.79. The highest BCUT2D eigenvalue weighted by Gasteiger charge is 2.27. The molecule has 0 radical (unpaired) electrons. The fourth-order valence-corrected chi connectivity index (χ4v) is 3.73. The van der Waals surface area contributed by atoms with Crippen molar-refractivity contribution in [2.45, 2.75) is 49.4 Å². The summed E-state index contributed by atoms with van der Waals surface area (Å²) < 4.78 is 0. The van der Waals surface area contributed by atoms with E-state index < -0.39 is 6.04 Å². The second-order valence-electron chi connectivity index (χ2n) is 5.47. The Balaban J connectivity index is 1.87. The summed E-state index contributed by atoms with van der Waals surface area (Å²) in [5.74, 6) is -0.0141. The van der Waals surface area contributed by atoms with E-state index in [1.165, 1.54) is 19.3 Å². The highest BCUT2D eigenvalue weighted by Crippen LogP contribution is 2.27. The Morgan fingerprint density at radius 3 is 2.75 bits per heavy atom. The Kier molecular flexibility index (Phi) is 5.92. The van der Waals surface area contributed by atoms with Gasteiger partial charge in [0, 0.05) is 11.3 Å². The van der Waals surface area contributed by atoms with Crippen molar-refractivity contribution in [3.05, 3.63) is 35.9 Å². The van der Waals surface area contributed by atoms with Gasteiger partial charge in [0.05, 0.1) is 6.04 Å². The molecule has 0 aromatic heterocycles. The van der Waals surface area contributed by atoms with Crippen molar-refractivity contribution < 1.29 is 4.79 Å². The van der Waals surface area contributed by atoms with Crippen LogP contribution in [-0.2, 0) is 11.2 Å². The summed E-state index contributed by atoms with van der Waals surface area (Å²) in [7, 11) is 0. The van der Waals surface area contributed by atoms with E-state index in [1.807, 2.05) is 42.1 Å². The van der Waals surface area contributed by atoms with Crippen LogP contribution in [0.5, 0.6) is 0 Å². The molecule has 0 aliphatic heterocycles. The summed E-state index contributed by atoms with van der Waals surface area (Å²) in [6, 6.07) is 9.78. The molecule has 1 aromatic rings. The summed E-state index contributed by atoms with van der Waals surface area (Å²) in [4.78, 5) is 12.2. The van der Waals surface area contributed by atoms with Crippen molar-refractivity contribution in [2.24, 2.45) is 5.73 Å². The maximum atomic E-state index is 12.2. The normalized spacial score (nSPS) is 24.1. The number of nitrogens with one attached hydrogen (secondary N) is 1. The van der Waals surface area contributed by atoms with Gasteiger partial charge in [-0.1, -0.05) is 43.2 Å². The number of nitrogens with two attached hydrogens (primary N) is 1. The van der Waals surface area contributed by atoms with Gasteiger partial charge in [-0.05, 0) is 31.1 Å². The van der Waals surface area contributed by atoms with Gasteiger partial charge in [0.15, 0.2) is 0 Å². The van der Waals surface area contributed by atoms with Crippen LogP contribution in [0.15, 0.2) is 30.3 Å². The minimum absolute atomic E-state index is 0.0141. The monoisotopic (exact) mass is 292 g/mol. The first kappa shape index (κ1) is 15.4. The third-order valence-corrected chi connectivity index (χ3v) is 5.14. The molecule has 4 heteroatoms. The number of benzene rings is 1. The van der Waals surface area contributed by atoms with Crippen LogP contribution in [0.3, 0.4) is 0 Å². The van der Waals surface area contributed by atoms with E-state index >= 15 is 0 Å². The molecule has 2 rings (SSSR count). The molecule has 3 atom stereocenters. The third-order valence-electron chi connectivity index (χ3n) is 3.97. The Morgan fingerprint density at radius 2 is 2.05 bits per heavy atom. The lowest BCUT2D eigenvalue weighted by molar-refractivity contribution is -0.123. The quantitative estimate of drug-likeness (QED) is 0.876. The molecule has 20 heavy (non-hydrogen) atoms. The molecule has 1 aliphatic rings. The van der Waals surface area contributed by atoms with Gasteiger partial charge in [0.1, 0.15) is 0 Å². The minimum Gasteiger partial charge on any atom is -0.351 e. The van der Waals surface area contributed by atoms with Gasteiger partial charge in [-0.3, -0.25) is 4.79 Å². The van der Waals surface area contributed by atoms with Crippen LogP contribution in [0.2, 0.25) is 0 Å². The Hall–Kier alpha value is -1.00. The van der Waals surface area contributed by atoms with E-state index in [0.29, 0.717) is 11.7 Å². The highest BCUT2D eigenvalue weighted by molar-refractivity contribution is 7.99. The first-order chi connectivity index (χ1) is 9.70. The van der Waals surface area contributed by atoms with E-state index in [1.54, 1.807) is 0 Å². The van der Waals surface area contributed by atoms with E-state index in [0.717, 1.165) is 12.0 Å². The minimum atomic E-state index is -0.457. The molecule has 3 unspecified atom stereocenters. The van der Waals surface area contributed by atoms with E-state index in [4.69, 9.17) is 5.73 Å². The van der Waals surface area contributed by atoms with Crippen molar-refractivity contribution in [2.75, 3.05) is 6.26 Å². The summed E-state index contributed by atoms with van der Waals surface area (Å²) in [5.41, 5.74) is 7.15. The van der Waals surface area contributed by atoms with Crippen LogP contribution in [-0.4, -0.2) is 29.5 Å². The number of carbonyl (C=O) groups is 1. The Bertz CT molecular complexity index is 424. The average Bonchev–Trinajstić information content (AvgIpc) is 2.48. The van der Waals surface area contributed by atoms with Gasteiger partial charge in [-0.15, -0.1) is 0 Å². The molecule has 110 valence electrons. The summed E-state index contributed by atoms with van der Waals surface area (Å²) >= 11 is 1.86. The molecular formula is C16H24N2OS. The molecule has 1 fully saturated rings. The van der Waals surface area contributed by atoms with Crippen LogP contribution < -0.4 is 11.1 Å². The average molecular weight is 292 g/mol. The Morgan fingerprint density at radius 1 is 1.35 bits per heavy atom. The molecule has 1 aromatic carbocycles. The third kappa shape index (κ3) is 4.25. The van der Waals surface area contributed by atoms with Gasteiger partial charge in [-0.2, -0.15) is 11.8 Å². The maximum Gasteiger partial charge on any atom is 0.237 e. The van der Waals surface area contributed by atoms with Crippen LogP contribution >= 0.6 is 11.8 Å². The van der Waals surface area contributed by atoms with Crippen molar-refractivity contribution in [3.63, 3.8) is 0 Å². The maximum absolute atomic E-state index is 12.2. The van der Waals surface area contributed by atoms with Crippen molar-refractivity contribution in [1.82, 2.24) is 5.32 Å². The first-order valence-corrected chi connectivity index (χ1v) is 8.62. The van der Waals surface area contributed by atoms with Crippen molar-refractivity contribution in [1.29, 1.82) is 0 Å². The lowest BCUT2D eigenvalue weighted by Crippen LogP contribution is -2.50. The predicted octanol–water partition coefficient (Wildman–Crippen LogP) is 2.35. The van der Waals surface area contributed by atoms with Crippen molar-refractivity contribution in [3.8, 4) is 0 Å². The summed E-state index contributed by atoms with van der Waals surface area (Å²) in [6.45, 7) is 0. The molecule has 1 amide bonds. The van der Waals surface area contributed by atoms with Crippen LogP contribution in [0, 0.1) is 0 Å². The van der Waals surface area contributed by atoms with E-state index in [-0.39, 0.29) is 11.9 Å². The van der Waals surface area contributed by atoms with E-state index in [9.17, 15) is 4.79 Å². The standard InChI is InChI=1S/C16H24N2OS/c1-20-15-10-6-5-9-14(15)18-16(19)13(17)11-12-7-3-2-4-8-12/h2-4,7-8,13-15H,5-6,9-11,17H2,1H3,(H,18,19). The van der Waals surface area contributed by atoms with Crippen LogP contribution in [0.1, 0.15) is 31.2 Å². The van der Waals surface area contributed by atoms with E-state index in [2.05, 4.69) is 11.6 Å². The molecule has 3 nitrogen and oxygen atoms in total. The SMILES string of the molecule is CSC1CCCCC1NC(=O)C(N)Cc1ccccc1. The number of carbonyl (C=O) groups excluding carboxylic acids is 1. The van der Waals surface area contributed by atoms with Gasteiger partial charge in [0.2, 0.25) is 5.91 Å². The largest absolute Gasteiger partial charge is 0.351 e. The summed E-state index contributed by atoms with van der Waals surface area (Å²) in [5, 5.41) is 3.69. The predicted molar refractivity (Wildman–Crippen MR) is 85.8 cm³/mol. The zero-order valence-electron chi connectivity index (χ0n) is 12.0. The molecule has 1 aliphatic carbocycles.